The van der Waals surface area contributed by atoms with Gasteiger partial charge in [-0.2, -0.15) is 5.10 Å². The smallest absolute Gasteiger partial charge is 0.136 e. The summed E-state index contributed by atoms with van der Waals surface area (Å²) in [7, 11) is 0. The zero-order chi connectivity index (χ0) is 9.97. The molecule has 0 amide bonds. The Hall–Kier alpha value is -1.40. The van der Waals surface area contributed by atoms with Crippen LogP contribution in [0.1, 0.15) is 30.3 Å². The van der Waals surface area contributed by atoms with Crippen molar-refractivity contribution in [3.63, 3.8) is 0 Å². The first kappa shape index (κ1) is 9.17. The number of hydrogen-bond acceptors (Lipinski definition) is 3. The van der Waals surface area contributed by atoms with Crippen molar-refractivity contribution in [2.75, 3.05) is 0 Å². The van der Waals surface area contributed by atoms with Crippen molar-refractivity contribution in [1.29, 1.82) is 0 Å². The van der Waals surface area contributed by atoms with Gasteiger partial charge in [-0.15, -0.1) is 5.10 Å². The molecule has 0 unspecified atom stereocenters. The molecule has 1 aliphatic carbocycles. The summed E-state index contributed by atoms with van der Waals surface area (Å²) in [6.07, 6.45) is 2.67. The average Bonchev–Trinajstić information content (AvgIpc) is 2.61. The normalized spacial score (nSPS) is 15.6. The molecular formula is C11H12N2O. The lowest BCUT2D eigenvalue weighted by atomic mass is 10.2. The molecular weight excluding hydrogens is 176 g/mol. The van der Waals surface area contributed by atoms with Crippen molar-refractivity contribution in [3.8, 4) is 11.8 Å². The zero-order valence-corrected chi connectivity index (χ0v) is 8.12. The minimum absolute atomic E-state index is 0.606. The van der Waals surface area contributed by atoms with Gasteiger partial charge in [0.15, 0.2) is 0 Å². The van der Waals surface area contributed by atoms with Gasteiger partial charge < -0.3 is 5.11 Å². The SMILES string of the molecule is C[C@@H](O)C#Cc1cc2c(nn1)CCC2. The fraction of sp³-hybridized carbons (Fsp3) is 0.455. The fourth-order valence-corrected chi connectivity index (χ4v) is 1.57. The fourth-order valence-electron chi connectivity index (χ4n) is 1.57. The van der Waals surface area contributed by atoms with Crippen LogP contribution in [0.4, 0.5) is 0 Å². The Labute approximate surface area is 83.2 Å². The van der Waals surface area contributed by atoms with E-state index in [1.54, 1.807) is 6.92 Å². The molecule has 2 rings (SSSR count). The maximum atomic E-state index is 8.99. The molecule has 72 valence electrons. The molecule has 3 nitrogen and oxygen atoms in total. The van der Waals surface area contributed by atoms with Crippen molar-refractivity contribution in [1.82, 2.24) is 10.2 Å². The lowest BCUT2D eigenvalue weighted by Gasteiger charge is -1.96. The van der Waals surface area contributed by atoms with E-state index < -0.39 is 6.10 Å². The summed E-state index contributed by atoms with van der Waals surface area (Å²) in [4.78, 5) is 0. The van der Waals surface area contributed by atoms with Crippen LogP contribution in [0.2, 0.25) is 0 Å². The van der Waals surface area contributed by atoms with Gasteiger partial charge >= 0.3 is 0 Å². The summed E-state index contributed by atoms with van der Waals surface area (Å²) in [5.41, 5.74) is 3.02. The first-order chi connectivity index (χ1) is 6.75. The van der Waals surface area contributed by atoms with Gasteiger partial charge in [0.25, 0.3) is 0 Å². The number of aryl methyl sites for hydroxylation is 2. The van der Waals surface area contributed by atoms with Gasteiger partial charge in [-0.05, 0) is 43.7 Å². The third kappa shape index (κ3) is 1.91. The van der Waals surface area contributed by atoms with Crippen molar-refractivity contribution < 1.29 is 5.11 Å². The Morgan fingerprint density at radius 1 is 1.43 bits per heavy atom. The maximum absolute atomic E-state index is 8.99. The largest absolute Gasteiger partial charge is 0.381 e. The molecule has 1 atom stereocenters. The number of nitrogens with zero attached hydrogens (tertiary/aromatic N) is 2. The molecule has 0 saturated carbocycles. The number of fused-ring (bicyclic) bond motifs is 1. The third-order valence-electron chi connectivity index (χ3n) is 2.23. The highest BCUT2D eigenvalue weighted by molar-refractivity contribution is 5.34. The summed E-state index contributed by atoms with van der Waals surface area (Å²) in [5, 5.41) is 17.1. The van der Waals surface area contributed by atoms with E-state index in [0.29, 0.717) is 5.69 Å². The summed E-state index contributed by atoms with van der Waals surface area (Å²) in [6, 6.07) is 1.98. The van der Waals surface area contributed by atoms with Crippen molar-refractivity contribution >= 4 is 0 Å². The molecule has 1 aromatic rings. The average molecular weight is 188 g/mol. The molecule has 0 spiro atoms. The third-order valence-corrected chi connectivity index (χ3v) is 2.23. The Bertz CT molecular complexity index is 401. The molecule has 14 heavy (non-hydrogen) atoms. The number of aliphatic hydroxyl groups excluding tert-OH is 1. The molecule has 0 aromatic carbocycles. The molecule has 0 saturated heterocycles. The topological polar surface area (TPSA) is 46.0 Å². The van der Waals surface area contributed by atoms with Crippen LogP contribution in [-0.2, 0) is 12.8 Å². The molecule has 1 N–H and O–H groups in total. The van der Waals surface area contributed by atoms with E-state index in [0.717, 1.165) is 25.0 Å². The van der Waals surface area contributed by atoms with Crippen LogP contribution >= 0.6 is 0 Å². The summed E-state index contributed by atoms with van der Waals surface area (Å²) in [6.45, 7) is 1.63. The number of aromatic nitrogens is 2. The molecule has 0 bridgehead atoms. The predicted molar refractivity (Wildman–Crippen MR) is 52.6 cm³/mol. The highest BCUT2D eigenvalue weighted by Gasteiger charge is 2.12. The van der Waals surface area contributed by atoms with Gasteiger partial charge in [-0.1, -0.05) is 5.92 Å². The standard InChI is InChI=1S/C11H12N2O/c1-8(14)5-6-10-7-9-3-2-4-11(9)13-12-10/h7-8,14H,2-4H2,1H3/t8-/m1/s1. The second kappa shape index (κ2) is 3.77. The molecule has 1 heterocycles. The van der Waals surface area contributed by atoms with Gasteiger partial charge in [0.2, 0.25) is 0 Å². The monoisotopic (exact) mass is 188 g/mol. The van der Waals surface area contributed by atoms with Gasteiger partial charge in [-0.25, -0.2) is 0 Å². The second-order valence-corrected chi connectivity index (χ2v) is 3.50. The lowest BCUT2D eigenvalue weighted by molar-refractivity contribution is 0.253. The summed E-state index contributed by atoms with van der Waals surface area (Å²) >= 11 is 0. The zero-order valence-electron chi connectivity index (χ0n) is 8.12. The molecule has 1 aromatic heterocycles. The molecule has 3 heteroatoms. The Morgan fingerprint density at radius 3 is 3.07 bits per heavy atom. The van der Waals surface area contributed by atoms with Crippen molar-refractivity contribution in [2.45, 2.75) is 32.3 Å². The minimum atomic E-state index is -0.606. The minimum Gasteiger partial charge on any atom is -0.381 e. The highest BCUT2D eigenvalue weighted by Crippen LogP contribution is 2.18. The molecule has 0 radical (unpaired) electrons. The van der Waals surface area contributed by atoms with Crippen LogP contribution in [-0.4, -0.2) is 21.4 Å². The van der Waals surface area contributed by atoms with Gasteiger partial charge in [0, 0.05) is 0 Å². The Morgan fingerprint density at radius 2 is 2.29 bits per heavy atom. The van der Waals surface area contributed by atoms with Crippen LogP contribution < -0.4 is 0 Å². The van der Waals surface area contributed by atoms with E-state index in [2.05, 4.69) is 22.0 Å². The van der Waals surface area contributed by atoms with Crippen LogP contribution in [0, 0.1) is 11.8 Å². The lowest BCUT2D eigenvalue weighted by Crippen LogP contribution is -1.97. The second-order valence-electron chi connectivity index (χ2n) is 3.50. The highest BCUT2D eigenvalue weighted by atomic mass is 16.3. The summed E-state index contributed by atoms with van der Waals surface area (Å²) < 4.78 is 0. The van der Waals surface area contributed by atoms with Crippen molar-refractivity contribution in [3.05, 3.63) is 23.0 Å². The van der Waals surface area contributed by atoms with E-state index in [9.17, 15) is 0 Å². The predicted octanol–water partition coefficient (Wildman–Crippen LogP) is 0.698. The maximum Gasteiger partial charge on any atom is 0.136 e. The van der Waals surface area contributed by atoms with Gasteiger partial charge in [0.1, 0.15) is 11.8 Å². The first-order valence-electron chi connectivity index (χ1n) is 4.81. The van der Waals surface area contributed by atoms with E-state index in [1.807, 2.05) is 6.07 Å². The van der Waals surface area contributed by atoms with Crippen LogP contribution in [0.15, 0.2) is 6.07 Å². The van der Waals surface area contributed by atoms with E-state index >= 15 is 0 Å². The van der Waals surface area contributed by atoms with E-state index in [-0.39, 0.29) is 0 Å². The van der Waals surface area contributed by atoms with E-state index in [4.69, 9.17) is 5.11 Å². The molecule has 0 fully saturated rings. The summed E-state index contributed by atoms with van der Waals surface area (Å²) in [5.74, 6) is 5.46. The quantitative estimate of drug-likeness (QED) is 0.609. The first-order valence-corrected chi connectivity index (χ1v) is 4.81. The van der Waals surface area contributed by atoms with Crippen LogP contribution in [0.5, 0.6) is 0 Å². The number of aliphatic hydroxyl groups is 1. The Balaban J connectivity index is 2.26. The van der Waals surface area contributed by atoms with Crippen LogP contribution in [0.25, 0.3) is 0 Å². The molecule has 1 aliphatic rings. The van der Waals surface area contributed by atoms with Gasteiger partial charge in [-0.3, -0.25) is 0 Å². The Kier molecular flexibility index (Phi) is 2.47. The number of rotatable bonds is 0. The van der Waals surface area contributed by atoms with Crippen LogP contribution in [0.3, 0.4) is 0 Å². The molecule has 0 aliphatic heterocycles. The van der Waals surface area contributed by atoms with Gasteiger partial charge in [0.05, 0.1) is 5.69 Å². The van der Waals surface area contributed by atoms with E-state index in [1.165, 1.54) is 5.56 Å². The number of hydrogen-bond donors (Lipinski definition) is 1. The van der Waals surface area contributed by atoms with Crippen molar-refractivity contribution in [2.24, 2.45) is 0 Å².